The van der Waals surface area contributed by atoms with Crippen molar-refractivity contribution in [2.24, 2.45) is 0 Å². The van der Waals surface area contributed by atoms with E-state index in [1.807, 2.05) is 6.20 Å². The summed E-state index contributed by atoms with van der Waals surface area (Å²) in [7, 11) is 0. The number of nitrogens with zero attached hydrogens (tertiary/aromatic N) is 4. The van der Waals surface area contributed by atoms with Crippen molar-refractivity contribution in [1.29, 1.82) is 0 Å². The summed E-state index contributed by atoms with van der Waals surface area (Å²) >= 11 is 0. The summed E-state index contributed by atoms with van der Waals surface area (Å²) in [5.74, 6) is 2.32. The summed E-state index contributed by atoms with van der Waals surface area (Å²) in [5.41, 5.74) is 9.33. The van der Waals surface area contributed by atoms with Gasteiger partial charge in [0.05, 0.1) is 22.4 Å². The van der Waals surface area contributed by atoms with Gasteiger partial charge in [0, 0.05) is 35.2 Å². The Morgan fingerprint density at radius 3 is 2.69 bits per heavy atom. The Hall–Kier alpha value is -3.14. The van der Waals surface area contributed by atoms with E-state index in [1.165, 1.54) is 71.5 Å². The van der Waals surface area contributed by atoms with Crippen molar-refractivity contribution in [3.05, 3.63) is 77.2 Å². The maximum Gasteiger partial charge on any atom is 0.137 e. The minimum atomic E-state index is 0.218. The van der Waals surface area contributed by atoms with Crippen LogP contribution in [0.2, 0.25) is 0 Å². The van der Waals surface area contributed by atoms with Crippen molar-refractivity contribution >= 4 is 22.5 Å². The summed E-state index contributed by atoms with van der Waals surface area (Å²) in [6, 6.07) is 18.0. The highest BCUT2D eigenvalue weighted by molar-refractivity contribution is 5.84. The number of benzene rings is 2. The number of fused-ring (bicyclic) bond motifs is 7. The molecule has 4 heteroatoms. The molecule has 32 heavy (non-hydrogen) atoms. The van der Waals surface area contributed by atoms with Crippen LogP contribution in [0.1, 0.15) is 61.5 Å². The Morgan fingerprint density at radius 2 is 1.81 bits per heavy atom. The number of aryl methyl sites for hydroxylation is 1. The fraction of sp³-hybridized carbons (Fsp3) is 0.357. The highest BCUT2D eigenvalue weighted by Crippen LogP contribution is 2.56. The van der Waals surface area contributed by atoms with Crippen LogP contribution in [0, 0.1) is 6.92 Å². The van der Waals surface area contributed by atoms with Crippen LogP contribution in [0.3, 0.4) is 0 Å². The Balaban J connectivity index is 1.45. The summed E-state index contributed by atoms with van der Waals surface area (Å²) in [4.78, 5) is 12.5. The SMILES string of the molecule is Cc1ccc2c(c1N1c3ncccc3C3(CCCCC3)C1C)Cc1nc3ccccc3n1-2. The lowest BCUT2D eigenvalue weighted by atomic mass is 9.67. The van der Waals surface area contributed by atoms with E-state index in [1.54, 1.807) is 0 Å². The number of anilines is 2. The summed E-state index contributed by atoms with van der Waals surface area (Å²) < 4.78 is 2.37. The van der Waals surface area contributed by atoms with Gasteiger partial charge in [0.1, 0.15) is 11.6 Å². The first kappa shape index (κ1) is 18.4. The molecule has 0 radical (unpaired) electrons. The number of rotatable bonds is 1. The van der Waals surface area contributed by atoms with Gasteiger partial charge in [-0.05, 0) is 56.5 Å². The molecule has 1 atom stereocenters. The van der Waals surface area contributed by atoms with Crippen LogP contribution in [0.25, 0.3) is 16.7 Å². The van der Waals surface area contributed by atoms with Crippen LogP contribution < -0.4 is 4.90 Å². The third-order valence-corrected chi connectivity index (χ3v) is 8.39. The van der Waals surface area contributed by atoms with Crippen LogP contribution >= 0.6 is 0 Å². The number of pyridine rings is 1. The predicted molar refractivity (Wildman–Crippen MR) is 129 cm³/mol. The third-order valence-electron chi connectivity index (χ3n) is 8.39. The zero-order valence-electron chi connectivity index (χ0n) is 18.8. The predicted octanol–water partition coefficient (Wildman–Crippen LogP) is 6.38. The van der Waals surface area contributed by atoms with Crippen molar-refractivity contribution in [3.63, 3.8) is 0 Å². The van der Waals surface area contributed by atoms with E-state index in [0.717, 1.165) is 17.8 Å². The zero-order chi connectivity index (χ0) is 21.4. The Morgan fingerprint density at radius 1 is 0.969 bits per heavy atom. The van der Waals surface area contributed by atoms with E-state index in [-0.39, 0.29) is 5.41 Å². The van der Waals surface area contributed by atoms with Gasteiger partial charge < -0.3 is 4.90 Å². The van der Waals surface area contributed by atoms with Gasteiger partial charge in [-0.1, -0.05) is 43.5 Å². The molecule has 3 aliphatic rings. The van der Waals surface area contributed by atoms with Crippen LogP contribution in [-0.4, -0.2) is 20.6 Å². The van der Waals surface area contributed by atoms with Gasteiger partial charge >= 0.3 is 0 Å². The molecule has 1 saturated carbocycles. The van der Waals surface area contributed by atoms with Gasteiger partial charge in [0.2, 0.25) is 0 Å². The molecule has 0 bridgehead atoms. The maximum atomic E-state index is 4.98. The van der Waals surface area contributed by atoms with E-state index in [9.17, 15) is 0 Å². The molecule has 1 unspecified atom stereocenters. The van der Waals surface area contributed by atoms with E-state index >= 15 is 0 Å². The number of hydrogen-bond acceptors (Lipinski definition) is 3. The molecule has 160 valence electrons. The molecule has 2 aromatic carbocycles. The van der Waals surface area contributed by atoms with Crippen molar-refractivity contribution in [2.75, 3.05) is 4.90 Å². The molecule has 4 heterocycles. The average Bonchev–Trinajstić information content (AvgIpc) is 3.43. The fourth-order valence-electron chi connectivity index (χ4n) is 6.89. The first-order valence-corrected chi connectivity index (χ1v) is 12.0. The number of hydrogen-bond donors (Lipinski definition) is 0. The Kier molecular flexibility index (Phi) is 3.71. The fourth-order valence-corrected chi connectivity index (χ4v) is 6.89. The first-order valence-electron chi connectivity index (χ1n) is 12.0. The zero-order valence-corrected chi connectivity index (χ0v) is 18.8. The monoisotopic (exact) mass is 420 g/mol. The number of imidazole rings is 1. The topological polar surface area (TPSA) is 34.0 Å². The lowest BCUT2D eigenvalue weighted by molar-refractivity contribution is 0.268. The molecule has 4 aromatic rings. The van der Waals surface area contributed by atoms with Gasteiger partial charge in [-0.15, -0.1) is 0 Å². The smallest absolute Gasteiger partial charge is 0.137 e. The van der Waals surface area contributed by atoms with Crippen molar-refractivity contribution < 1.29 is 0 Å². The van der Waals surface area contributed by atoms with Gasteiger partial charge in [-0.2, -0.15) is 0 Å². The molecule has 0 N–H and O–H groups in total. The second-order valence-electron chi connectivity index (χ2n) is 9.90. The van der Waals surface area contributed by atoms with Gasteiger partial charge in [0.25, 0.3) is 0 Å². The normalized spacial score (nSPS) is 20.6. The first-order chi connectivity index (χ1) is 15.7. The molecule has 2 aliphatic heterocycles. The average molecular weight is 421 g/mol. The van der Waals surface area contributed by atoms with Crippen molar-refractivity contribution in [2.45, 2.75) is 63.8 Å². The van der Waals surface area contributed by atoms with E-state index in [0.29, 0.717) is 6.04 Å². The molecule has 0 amide bonds. The molecule has 1 fully saturated rings. The summed E-state index contributed by atoms with van der Waals surface area (Å²) in [5, 5.41) is 0. The lowest BCUT2D eigenvalue weighted by Gasteiger charge is -2.40. The van der Waals surface area contributed by atoms with Gasteiger partial charge in [-0.3, -0.25) is 4.57 Å². The highest BCUT2D eigenvalue weighted by Gasteiger charge is 2.51. The molecular weight excluding hydrogens is 392 g/mol. The minimum absolute atomic E-state index is 0.218. The quantitative estimate of drug-likeness (QED) is 0.316. The molecule has 1 aliphatic carbocycles. The molecular formula is C28H28N4. The number of para-hydroxylation sites is 2. The van der Waals surface area contributed by atoms with Crippen LogP contribution in [0.5, 0.6) is 0 Å². The lowest BCUT2D eigenvalue weighted by Crippen LogP contribution is -2.42. The summed E-state index contributed by atoms with van der Waals surface area (Å²) in [6.07, 6.45) is 9.38. The van der Waals surface area contributed by atoms with Crippen LogP contribution in [0.4, 0.5) is 11.5 Å². The molecule has 4 nitrogen and oxygen atoms in total. The molecule has 0 saturated heterocycles. The molecule has 1 spiro atoms. The summed E-state index contributed by atoms with van der Waals surface area (Å²) in [6.45, 7) is 4.70. The van der Waals surface area contributed by atoms with Crippen LogP contribution in [0.15, 0.2) is 54.7 Å². The number of aromatic nitrogens is 3. The van der Waals surface area contributed by atoms with E-state index < -0.39 is 0 Å². The second-order valence-corrected chi connectivity index (χ2v) is 9.90. The van der Waals surface area contributed by atoms with Gasteiger partial charge in [0.15, 0.2) is 0 Å². The van der Waals surface area contributed by atoms with Gasteiger partial charge in [-0.25, -0.2) is 9.97 Å². The van der Waals surface area contributed by atoms with Crippen molar-refractivity contribution in [1.82, 2.24) is 14.5 Å². The highest BCUT2D eigenvalue weighted by atomic mass is 15.3. The maximum absolute atomic E-state index is 4.98. The molecule has 7 rings (SSSR count). The third kappa shape index (κ3) is 2.22. The van der Waals surface area contributed by atoms with Crippen LogP contribution in [-0.2, 0) is 11.8 Å². The molecule has 2 aromatic heterocycles. The second kappa shape index (κ2) is 6.44. The van der Waals surface area contributed by atoms with E-state index in [4.69, 9.17) is 9.97 Å². The minimum Gasteiger partial charge on any atom is -0.322 e. The Labute approximate surface area is 188 Å². The standard InChI is InChI=1S/C28H28N4/c1-18-12-13-23-20(17-25-30-22-10-4-5-11-24(22)32(23)25)26(18)31-19(2)28(14-6-3-7-15-28)21-9-8-16-29-27(21)31/h4-5,8-13,16,19H,3,6-7,14-15,17H2,1-2H3. The van der Waals surface area contributed by atoms with Crippen molar-refractivity contribution in [3.8, 4) is 5.69 Å². The largest absolute Gasteiger partial charge is 0.322 e. The Bertz CT molecular complexity index is 1380. The van der Waals surface area contributed by atoms with E-state index in [2.05, 4.69) is 71.8 Å².